The fourth-order valence-electron chi connectivity index (χ4n) is 2.00. The Kier molecular flexibility index (Phi) is 4.95. The van der Waals surface area contributed by atoms with E-state index in [1.54, 1.807) is 12.3 Å². The summed E-state index contributed by atoms with van der Waals surface area (Å²) in [6.45, 7) is 9.34. The van der Waals surface area contributed by atoms with Crippen molar-refractivity contribution in [3.05, 3.63) is 52.7 Å². The number of carbonyl (C=O) groups excluding carboxylic acids is 1. The van der Waals surface area contributed by atoms with Crippen LogP contribution in [0.1, 0.15) is 31.9 Å². The lowest BCUT2D eigenvalue weighted by atomic mass is 10.2. The van der Waals surface area contributed by atoms with Gasteiger partial charge in [-0.15, -0.1) is 0 Å². The highest BCUT2D eigenvalue weighted by Gasteiger charge is 2.26. The first-order valence-corrected chi connectivity index (χ1v) is 7.77. The number of nitrogens with zero attached hydrogens (tertiary/aromatic N) is 2. The molecular formula is C18H21ClN2O2. The Morgan fingerprint density at radius 1 is 1.17 bits per heavy atom. The first kappa shape index (κ1) is 17.3. The average molecular weight is 333 g/mol. The highest BCUT2D eigenvalue weighted by Crippen LogP contribution is 2.30. The zero-order valence-corrected chi connectivity index (χ0v) is 14.8. The molecule has 0 unspecified atom stereocenters. The summed E-state index contributed by atoms with van der Waals surface area (Å²) < 4.78 is 5.52. The molecule has 0 aliphatic rings. The molecule has 4 nitrogen and oxygen atoms in total. The van der Waals surface area contributed by atoms with Gasteiger partial charge >= 0.3 is 6.09 Å². The van der Waals surface area contributed by atoms with Crippen molar-refractivity contribution >= 4 is 29.2 Å². The molecule has 0 fully saturated rings. The number of aromatic nitrogens is 1. The third kappa shape index (κ3) is 4.45. The molecule has 5 heteroatoms. The maximum atomic E-state index is 12.7. The van der Waals surface area contributed by atoms with Crippen LogP contribution in [0, 0.1) is 13.8 Å². The second-order valence-electron chi connectivity index (χ2n) is 6.44. The van der Waals surface area contributed by atoms with Crippen LogP contribution in [-0.2, 0) is 4.74 Å². The number of hydrogen-bond donors (Lipinski definition) is 0. The SMILES string of the molecule is Cc1ccnc(N(C(=O)OC(C)(C)C)c2ccc(C)c(Cl)c2)c1. The Morgan fingerprint density at radius 2 is 1.87 bits per heavy atom. The molecular weight excluding hydrogens is 312 g/mol. The van der Waals surface area contributed by atoms with Crippen molar-refractivity contribution in [1.82, 2.24) is 4.98 Å². The van der Waals surface area contributed by atoms with Gasteiger partial charge in [-0.2, -0.15) is 0 Å². The van der Waals surface area contributed by atoms with Gasteiger partial charge in [0.25, 0.3) is 0 Å². The van der Waals surface area contributed by atoms with Crippen molar-refractivity contribution in [2.24, 2.45) is 0 Å². The number of rotatable bonds is 2. The minimum absolute atomic E-state index is 0.490. The minimum atomic E-state index is -0.604. The normalized spacial score (nSPS) is 11.2. The lowest BCUT2D eigenvalue weighted by molar-refractivity contribution is 0.0598. The minimum Gasteiger partial charge on any atom is -0.443 e. The zero-order valence-electron chi connectivity index (χ0n) is 14.1. The summed E-state index contributed by atoms with van der Waals surface area (Å²) in [4.78, 5) is 18.4. The Bertz CT molecular complexity index is 723. The Balaban J connectivity index is 2.50. The quantitative estimate of drug-likeness (QED) is 0.736. The lowest BCUT2D eigenvalue weighted by Gasteiger charge is -2.27. The summed E-state index contributed by atoms with van der Waals surface area (Å²) in [7, 11) is 0. The second-order valence-corrected chi connectivity index (χ2v) is 6.85. The average Bonchev–Trinajstić information content (AvgIpc) is 2.41. The van der Waals surface area contributed by atoms with Crippen LogP contribution < -0.4 is 4.90 Å². The van der Waals surface area contributed by atoms with Crippen LogP contribution in [0.15, 0.2) is 36.5 Å². The van der Waals surface area contributed by atoms with Gasteiger partial charge in [0.1, 0.15) is 11.4 Å². The van der Waals surface area contributed by atoms with Crippen LogP contribution in [0.2, 0.25) is 5.02 Å². The predicted molar refractivity (Wildman–Crippen MR) is 93.5 cm³/mol. The van der Waals surface area contributed by atoms with Crippen LogP contribution in [0.25, 0.3) is 0 Å². The van der Waals surface area contributed by atoms with Gasteiger partial charge in [0.2, 0.25) is 0 Å². The number of ether oxygens (including phenoxy) is 1. The third-order valence-electron chi connectivity index (χ3n) is 3.12. The molecule has 0 saturated heterocycles. The fourth-order valence-corrected chi connectivity index (χ4v) is 2.18. The smallest absolute Gasteiger partial charge is 0.420 e. The molecule has 1 aromatic heterocycles. The molecule has 1 amide bonds. The molecule has 0 bridgehead atoms. The third-order valence-corrected chi connectivity index (χ3v) is 3.53. The number of halogens is 1. The van der Waals surface area contributed by atoms with Crippen LogP contribution in [0.4, 0.5) is 16.3 Å². The molecule has 23 heavy (non-hydrogen) atoms. The summed E-state index contributed by atoms with van der Waals surface area (Å²) in [6.07, 6.45) is 1.17. The zero-order chi connectivity index (χ0) is 17.2. The van der Waals surface area contributed by atoms with Gasteiger partial charge in [-0.05, 0) is 70.0 Å². The summed E-state index contributed by atoms with van der Waals surface area (Å²) in [5.74, 6) is 0.499. The van der Waals surface area contributed by atoms with Crippen molar-refractivity contribution < 1.29 is 9.53 Å². The van der Waals surface area contributed by atoms with Gasteiger partial charge < -0.3 is 4.74 Å². The maximum Gasteiger partial charge on any atom is 0.420 e. The number of carbonyl (C=O) groups is 1. The number of pyridine rings is 1. The van der Waals surface area contributed by atoms with Gasteiger partial charge in [-0.1, -0.05) is 17.7 Å². The summed E-state index contributed by atoms with van der Waals surface area (Å²) in [6, 6.07) is 9.14. The van der Waals surface area contributed by atoms with E-state index in [4.69, 9.17) is 16.3 Å². The van der Waals surface area contributed by atoms with Crippen LogP contribution >= 0.6 is 11.6 Å². The fraction of sp³-hybridized carbons (Fsp3) is 0.333. The van der Waals surface area contributed by atoms with Crippen molar-refractivity contribution in [3.63, 3.8) is 0 Å². The van der Waals surface area contributed by atoms with Crippen LogP contribution in [-0.4, -0.2) is 16.7 Å². The maximum absolute atomic E-state index is 12.7. The standard InChI is InChI=1S/C18H21ClN2O2/c1-12-8-9-20-16(10-12)21(17(22)23-18(3,4)5)14-7-6-13(2)15(19)11-14/h6-11H,1-5H3. The first-order valence-electron chi connectivity index (χ1n) is 7.39. The Labute approximate surface area is 142 Å². The predicted octanol–water partition coefficient (Wildman–Crippen LogP) is 5.43. The molecule has 0 aliphatic carbocycles. The van der Waals surface area contributed by atoms with E-state index in [9.17, 15) is 4.79 Å². The van der Waals surface area contributed by atoms with E-state index in [0.717, 1.165) is 11.1 Å². The van der Waals surface area contributed by atoms with E-state index < -0.39 is 11.7 Å². The summed E-state index contributed by atoms with van der Waals surface area (Å²) in [5.41, 5.74) is 1.96. The topological polar surface area (TPSA) is 42.4 Å². The van der Waals surface area contributed by atoms with E-state index in [1.165, 1.54) is 4.90 Å². The molecule has 0 spiro atoms. The molecule has 2 aromatic rings. The number of aryl methyl sites for hydroxylation is 2. The highest BCUT2D eigenvalue weighted by atomic mass is 35.5. The molecule has 0 atom stereocenters. The van der Waals surface area contributed by atoms with Gasteiger partial charge in [-0.25, -0.2) is 14.7 Å². The number of benzene rings is 1. The molecule has 122 valence electrons. The van der Waals surface area contributed by atoms with E-state index in [2.05, 4.69) is 4.98 Å². The van der Waals surface area contributed by atoms with Gasteiger partial charge in [-0.3, -0.25) is 0 Å². The molecule has 0 aliphatic heterocycles. The molecule has 1 heterocycles. The van der Waals surface area contributed by atoms with Crippen LogP contribution in [0.5, 0.6) is 0 Å². The van der Waals surface area contributed by atoms with E-state index in [1.807, 2.05) is 58.9 Å². The molecule has 0 radical (unpaired) electrons. The highest BCUT2D eigenvalue weighted by molar-refractivity contribution is 6.31. The van der Waals surface area contributed by atoms with Crippen molar-refractivity contribution in [1.29, 1.82) is 0 Å². The van der Waals surface area contributed by atoms with Crippen molar-refractivity contribution in [2.75, 3.05) is 4.90 Å². The Hall–Kier alpha value is -2.07. The van der Waals surface area contributed by atoms with Crippen molar-refractivity contribution in [2.45, 2.75) is 40.2 Å². The molecule has 1 aromatic carbocycles. The lowest BCUT2D eigenvalue weighted by Crippen LogP contribution is -2.34. The van der Waals surface area contributed by atoms with Crippen LogP contribution in [0.3, 0.4) is 0 Å². The van der Waals surface area contributed by atoms with Crippen molar-refractivity contribution in [3.8, 4) is 0 Å². The van der Waals surface area contributed by atoms with Gasteiger partial charge in [0.15, 0.2) is 0 Å². The Morgan fingerprint density at radius 3 is 2.43 bits per heavy atom. The van der Waals surface area contributed by atoms with E-state index in [0.29, 0.717) is 16.5 Å². The second kappa shape index (κ2) is 6.59. The number of hydrogen-bond acceptors (Lipinski definition) is 3. The first-order chi connectivity index (χ1) is 10.7. The van der Waals surface area contributed by atoms with Gasteiger partial charge in [0.05, 0.1) is 5.69 Å². The van der Waals surface area contributed by atoms with E-state index in [-0.39, 0.29) is 0 Å². The van der Waals surface area contributed by atoms with Gasteiger partial charge in [0, 0.05) is 11.2 Å². The number of amides is 1. The monoisotopic (exact) mass is 332 g/mol. The molecule has 0 saturated carbocycles. The largest absolute Gasteiger partial charge is 0.443 e. The summed E-state index contributed by atoms with van der Waals surface area (Å²) >= 11 is 6.22. The molecule has 0 N–H and O–H groups in total. The number of anilines is 2. The van der Waals surface area contributed by atoms with E-state index >= 15 is 0 Å². The molecule has 2 rings (SSSR count). The summed E-state index contributed by atoms with van der Waals surface area (Å²) in [5, 5.41) is 0.587.